The molecule has 1 atom stereocenters. The Bertz CT molecular complexity index is 659. The van der Waals surface area contributed by atoms with Crippen molar-refractivity contribution in [1.82, 2.24) is 0 Å². The first kappa shape index (κ1) is 13.9. The number of benzene rings is 2. The van der Waals surface area contributed by atoms with Gasteiger partial charge in [-0.05, 0) is 45.8 Å². The molecule has 2 aromatic rings. The van der Waals surface area contributed by atoms with E-state index in [9.17, 15) is 4.79 Å². The highest BCUT2D eigenvalue weighted by molar-refractivity contribution is 9.10. The molecule has 4 nitrogen and oxygen atoms in total. The van der Waals surface area contributed by atoms with Crippen molar-refractivity contribution in [1.29, 1.82) is 0 Å². The van der Waals surface area contributed by atoms with Crippen LogP contribution in [0.1, 0.15) is 15.9 Å². The van der Waals surface area contributed by atoms with E-state index in [1.54, 1.807) is 6.07 Å². The van der Waals surface area contributed by atoms with Crippen molar-refractivity contribution < 1.29 is 19.4 Å². The van der Waals surface area contributed by atoms with Crippen LogP contribution in [0.25, 0.3) is 0 Å². The fourth-order valence-electron chi connectivity index (χ4n) is 2.28. The van der Waals surface area contributed by atoms with Gasteiger partial charge >= 0.3 is 5.97 Å². The first-order valence-electron chi connectivity index (χ1n) is 6.53. The molecule has 5 heteroatoms. The molecule has 2 aromatic carbocycles. The van der Waals surface area contributed by atoms with E-state index in [1.807, 2.05) is 24.3 Å². The fourth-order valence-corrected chi connectivity index (χ4v) is 2.64. The average molecular weight is 349 g/mol. The maximum Gasteiger partial charge on any atom is 0.335 e. The SMILES string of the molecule is O=C(O)c1ccc(Br)c(OCC2Cc3ccccc3O2)c1. The zero-order valence-corrected chi connectivity index (χ0v) is 12.7. The lowest BCUT2D eigenvalue weighted by Crippen LogP contribution is -2.22. The maximum absolute atomic E-state index is 11.0. The smallest absolute Gasteiger partial charge is 0.335 e. The lowest BCUT2D eigenvalue weighted by atomic mass is 10.1. The van der Waals surface area contributed by atoms with Crippen molar-refractivity contribution in [2.75, 3.05) is 6.61 Å². The van der Waals surface area contributed by atoms with Crippen molar-refractivity contribution in [2.24, 2.45) is 0 Å². The summed E-state index contributed by atoms with van der Waals surface area (Å²) in [6.07, 6.45) is 0.745. The predicted molar refractivity (Wildman–Crippen MR) is 81.2 cm³/mol. The van der Waals surface area contributed by atoms with E-state index < -0.39 is 5.97 Å². The van der Waals surface area contributed by atoms with E-state index in [-0.39, 0.29) is 11.7 Å². The van der Waals surface area contributed by atoms with Crippen molar-refractivity contribution in [3.63, 3.8) is 0 Å². The van der Waals surface area contributed by atoms with Crippen LogP contribution < -0.4 is 9.47 Å². The molecule has 0 saturated carbocycles. The number of carboxylic acid groups (broad SMARTS) is 1. The number of para-hydroxylation sites is 1. The Kier molecular flexibility index (Phi) is 3.84. The van der Waals surface area contributed by atoms with Crippen LogP contribution >= 0.6 is 15.9 Å². The Labute approximate surface area is 130 Å². The summed E-state index contributed by atoms with van der Waals surface area (Å²) in [6.45, 7) is 0.371. The number of hydrogen-bond acceptors (Lipinski definition) is 3. The normalized spacial score (nSPS) is 16.1. The summed E-state index contributed by atoms with van der Waals surface area (Å²) in [5, 5.41) is 9.00. The van der Waals surface area contributed by atoms with Gasteiger partial charge in [-0.2, -0.15) is 0 Å². The Morgan fingerprint density at radius 2 is 2.14 bits per heavy atom. The highest BCUT2D eigenvalue weighted by Crippen LogP contribution is 2.30. The van der Waals surface area contributed by atoms with Crippen molar-refractivity contribution >= 4 is 21.9 Å². The molecule has 0 fully saturated rings. The molecular formula is C16H13BrO4. The van der Waals surface area contributed by atoms with Gasteiger partial charge in [-0.3, -0.25) is 0 Å². The Morgan fingerprint density at radius 3 is 2.90 bits per heavy atom. The molecule has 0 amide bonds. The van der Waals surface area contributed by atoms with Gasteiger partial charge < -0.3 is 14.6 Å². The van der Waals surface area contributed by atoms with E-state index in [0.717, 1.165) is 16.6 Å². The highest BCUT2D eigenvalue weighted by atomic mass is 79.9. The third-order valence-electron chi connectivity index (χ3n) is 3.32. The average Bonchev–Trinajstić information content (AvgIpc) is 2.89. The molecule has 1 N–H and O–H groups in total. The van der Waals surface area contributed by atoms with Gasteiger partial charge in [-0.1, -0.05) is 18.2 Å². The van der Waals surface area contributed by atoms with Gasteiger partial charge in [0.25, 0.3) is 0 Å². The third-order valence-corrected chi connectivity index (χ3v) is 3.97. The van der Waals surface area contributed by atoms with Gasteiger partial charge in [0.15, 0.2) is 0 Å². The fraction of sp³-hybridized carbons (Fsp3) is 0.188. The zero-order valence-electron chi connectivity index (χ0n) is 11.1. The first-order chi connectivity index (χ1) is 10.1. The van der Waals surface area contributed by atoms with Gasteiger partial charge in [0.2, 0.25) is 0 Å². The largest absolute Gasteiger partial charge is 0.489 e. The predicted octanol–water partition coefficient (Wildman–Crippen LogP) is 3.53. The van der Waals surface area contributed by atoms with Crippen molar-refractivity contribution in [3.8, 4) is 11.5 Å². The van der Waals surface area contributed by atoms with Crippen LogP contribution in [0.4, 0.5) is 0 Å². The molecule has 1 unspecified atom stereocenters. The monoisotopic (exact) mass is 348 g/mol. The number of fused-ring (bicyclic) bond motifs is 1. The van der Waals surface area contributed by atoms with Crippen LogP contribution in [0.2, 0.25) is 0 Å². The number of rotatable bonds is 4. The summed E-state index contributed by atoms with van der Waals surface area (Å²) in [4.78, 5) is 11.0. The number of hydrogen-bond donors (Lipinski definition) is 1. The van der Waals surface area contributed by atoms with E-state index in [4.69, 9.17) is 14.6 Å². The Hall–Kier alpha value is -2.01. The minimum atomic E-state index is -0.975. The lowest BCUT2D eigenvalue weighted by molar-refractivity contribution is 0.0696. The summed E-state index contributed by atoms with van der Waals surface area (Å²) < 4.78 is 12.2. The number of halogens is 1. The molecule has 0 aromatic heterocycles. The van der Waals surface area contributed by atoms with Crippen LogP contribution in [0.3, 0.4) is 0 Å². The van der Waals surface area contributed by atoms with Crippen molar-refractivity contribution in [3.05, 3.63) is 58.1 Å². The van der Waals surface area contributed by atoms with E-state index in [1.165, 1.54) is 17.7 Å². The zero-order chi connectivity index (χ0) is 14.8. The van der Waals surface area contributed by atoms with Gasteiger partial charge in [0.05, 0.1) is 10.0 Å². The summed E-state index contributed by atoms with van der Waals surface area (Å²) in [5.41, 5.74) is 1.37. The number of carbonyl (C=O) groups is 1. The van der Waals surface area contributed by atoms with Gasteiger partial charge in [0, 0.05) is 6.42 Å². The molecule has 1 aliphatic rings. The molecule has 3 rings (SSSR count). The molecule has 1 aliphatic heterocycles. The number of carboxylic acids is 1. The number of aromatic carboxylic acids is 1. The number of ether oxygens (including phenoxy) is 2. The highest BCUT2D eigenvalue weighted by Gasteiger charge is 2.23. The summed E-state index contributed by atoms with van der Waals surface area (Å²) in [5.74, 6) is 0.427. The third kappa shape index (κ3) is 3.03. The van der Waals surface area contributed by atoms with Crippen LogP contribution in [-0.2, 0) is 6.42 Å². The molecule has 21 heavy (non-hydrogen) atoms. The van der Waals surface area contributed by atoms with Crippen molar-refractivity contribution in [2.45, 2.75) is 12.5 Å². The summed E-state index contributed by atoms with van der Waals surface area (Å²) >= 11 is 3.36. The van der Waals surface area contributed by atoms with Crippen LogP contribution in [0.15, 0.2) is 46.9 Å². The Balaban J connectivity index is 1.67. The second-order valence-corrected chi connectivity index (χ2v) is 5.67. The summed E-state index contributed by atoms with van der Waals surface area (Å²) in [6, 6.07) is 12.6. The molecule has 0 aliphatic carbocycles. The minimum Gasteiger partial charge on any atom is -0.489 e. The Morgan fingerprint density at radius 1 is 1.33 bits per heavy atom. The quantitative estimate of drug-likeness (QED) is 0.918. The standard InChI is InChI=1S/C16H13BrO4/c17-13-6-5-11(16(18)19)8-15(13)20-9-12-7-10-3-1-2-4-14(10)21-12/h1-6,8,12H,7,9H2,(H,18,19). The van der Waals surface area contributed by atoms with Crippen LogP contribution in [0.5, 0.6) is 11.5 Å². The molecule has 0 spiro atoms. The molecular weight excluding hydrogens is 336 g/mol. The molecule has 108 valence electrons. The minimum absolute atomic E-state index is 0.0530. The second-order valence-electron chi connectivity index (χ2n) is 4.81. The molecule has 0 saturated heterocycles. The van der Waals surface area contributed by atoms with E-state index in [2.05, 4.69) is 15.9 Å². The second kappa shape index (κ2) is 5.77. The lowest BCUT2D eigenvalue weighted by Gasteiger charge is -2.13. The van der Waals surface area contributed by atoms with Gasteiger partial charge in [0.1, 0.15) is 24.2 Å². The maximum atomic E-state index is 11.0. The van der Waals surface area contributed by atoms with E-state index >= 15 is 0 Å². The van der Waals surface area contributed by atoms with Crippen LogP contribution in [-0.4, -0.2) is 23.8 Å². The molecule has 0 bridgehead atoms. The van der Waals surface area contributed by atoms with Crippen LogP contribution in [0, 0.1) is 0 Å². The summed E-state index contributed by atoms with van der Waals surface area (Å²) in [7, 11) is 0. The van der Waals surface area contributed by atoms with Gasteiger partial charge in [-0.25, -0.2) is 4.79 Å². The first-order valence-corrected chi connectivity index (χ1v) is 7.33. The van der Waals surface area contributed by atoms with E-state index in [0.29, 0.717) is 12.4 Å². The molecule has 0 radical (unpaired) electrons. The topological polar surface area (TPSA) is 55.8 Å². The molecule has 1 heterocycles. The van der Waals surface area contributed by atoms with Gasteiger partial charge in [-0.15, -0.1) is 0 Å².